The van der Waals surface area contributed by atoms with Crippen LogP contribution < -0.4 is 9.80 Å². The van der Waals surface area contributed by atoms with Crippen LogP contribution >= 0.6 is 15.9 Å². The third kappa shape index (κ3) is 1.72. The van der Waals surface area contributed by atoms with Crippen LogP contribution in [0.4, 0.5) is 11.5 Å². The van der Waals surface area contributed by atoms with Crippen LogP contribution in [-0.4, -0.2) is 29.5 Å². The fraction of sp³-hybridized carbons (Fsp3) is 0.538. The number of likely N-dealkylation sites (N-methyl/N-ethyl adjacent to an activating group) is 1. The van der Waals surface area contributed by atoms with Gasteiger partial charge in [0.05, 0.1) is 5.69 Å². The zero-order valence-corrected chi connectivity index (χ0v) is 12.1. The Morgan fingerprint density at radius 3 is 2.78 bits per heavy atom. The molecule has 4 nitrogen and oxygen atoms in total. The molecular formula is C13H16BrN3O. The number of carbonyl (C=O) groups excluding carboxylic acids is 1. The number of nitrogens with zero attached hydrogens (tertiary/aromatic N) is 3. The molecule has 1 unspecified atom stereocenters. The van der Waals surface area contributed by atoms with Crippen molar-refractivity contribution in [2.75, 3.05) is 16.3 Å². The van der Waals surface area contributed by atoms with Crippen LogP contribution in [0.3, 0.4) is 0 Å². The lowest BCUT2D eigenvalue weighted by Crippen LogP contribution is -2.53. The first kappa shape index (κ1) is 12.0. The average Bonchev–Trinajstić information content (AvgIpc) is 3.16. The summed E-state index contributed by atoms with van der Waals surface area (Å²) < 4.78 is 0.824. The zero-order valence-electron chi connectivity index (χ0n) is 10.6. The Balaban J connectivity index is 2.14. The monoisotopic (exact) mass is 309 g/mol. The predicted molar refractivity (Wildman–Crippen MR) is 74.9 cm³/mol. The lowest BCUT2D eigenvalue weighted by molar-refractivity contribution is -0.119. The van der Waals surface area contributed by atoms with E-state index in [0.29, 0.717) is 12.6 Å². The molecule has 1 atom stereocenters. The first-order valence-electron chi connectivity index (χ1n) is 6.39. The Labute approximate surface area is 115 Å². The SMILES string of the molecule is CCN1C(=O)C(C)N(C2CC2)c2nc(Br)ccc21. The number of hydrogen-bond donors (Lipinski definition) is 0. The number of aromatic nitrogens is 1. The summed E-state index contributed by atoms with van der Waals surface area (Å²) in [4.78, 5) is 21.0. The second kappa shape index (κ2) is 4.23. The van der Waals surface area contributed by atoms with E-state index in [1.165, 1.54) is 0 Å². The number of hydrogen-bond acceptors (Lipinski definition) is 3. The molecule has 1 aliphatic carbocycles. The van der Waals surface area contributed by atoms with Crippen LogP contribution in [0.1, 0.15) is 26.7 Å². The summed E-state index contributed by atoms with van der Waals surface area (Å²) in [5.74, 6) is 1.13. The fourth-order valence-electron chi connectivity index (χ4n) is 2.63. The number of amides is 1. The zero-order chi connectivity index (χ0) is 12.9. The average molecular weight is 310 g/mol. The Morgan fingerprint density at radius 1 is 1.44 bits per heavy atom. The molecule has 3 rings (SSSR count). The first-order chi connectivity index (χ1) is 8.63. The van der Waals surface area contributed by atoms with Crippen LogP contribution in [0.25, 0.3) is 0 Å². The standard InChI is InChI=1S/C13H16BrN3O/c1-3-16-10-6-7-11(14)15-12(10)17(9-4-5-9)8(2)13(16)18/h6-9H,3-5H2,1-2H3. The summed E-state index contributed by atoms with van der Waals surface area (Å²) in [5, 5.41) is 0. The third-order valence-corrected chi connectivity index (χ3v) is 4.09. The van der Waals surface area contributed by atoms with Crippen molar-refractivity contribution in [2.45, 2.75) is 38.8 Å². The summed E-state index contributed by atoms with van der Waals surface area (Å²) in [5.41, 5.74) is 0.940. The summed E-state index contributed by atoms with van der Waals surface area (Å²) in [6.07, 6.45) is 2.33. The molecule has 0 aromatic carbocycles. The van der Waals surface area contributed by atoms with Gasteiger partial charge in [0.1, 0.15) is 10.6 Å². The highest BCUT2D eigenvalue weighted by Crippen LogP contribution is 2.41. The highest BCUT2D eigenvalue weighted by atomic mass is 79.9. The molecule has 1 saturated carbocycles. The summed E-state index contributed by atoms with van der Waals surface area (Å²) in [7, 11) is 0. The lowest BCUT2D eigenvalue weighted by Gasteiger charge is -2.40. The lowest BCUT2D eigenvalue weighted by atomic mass is 10.1. The minimum Gasteiger partial charge on any atom is -0.340 e. The second-order valence-electron chi connectivity index (χ2n) is 4.87. The summed E-state index contributed by atoms with van der Waals surface area (Å²) >= 11 is 3.42. The smallest absolute Gasteiger partial charge is 0.249 e. The van der Waals surface area contributed by atoms with Crippen LogP contribution in [0.2, 0.25) is 0 Å². The third-order valence-electron chi connectivity index (χ3n) is 3.65. The van der Waals surface area contributed by atoms with E-state index < -0.39 is 0 Å². The van der Waals surface area contributed by atoms with Gasteiger partial charge in [-0.15, -0.1) is 0 Å². The number of halogens is 1. The van der Waals surface area contributed by atoms with Gasteiger partial charge in [-0.25, -0.2) is 4.98 Å². The normalized spacial score (nSPS) is 23.3. The molecule has 0 bridgehead atoms. The molecule has 5 heteroatoms. The van der Waals surface area contributed by atoms with Crippen LogP contribution in [-0.2, 0) is 4.79 Å². The van der Waals surface area contributed by atoms with Crippen molar-refractivity contribution in [1.82, 2.24) is 4.98 Å². The number of fused-ring (bicyclic) bond motifs is 1. The minimum atomic E-state index is -0.105. The maximum Gasteiger partial charge on any atom is 0.249 e. The van der Waals surface area contributed by atoms with Gasteiger partial charge in [0.2, 0.25) is 5.91 Å². The molecule has 18 heavy (non-hydrogen) atoms. The summed E-state index contributed by atoms with van der Waals surface area (Å²) in [6.45, 7) is 4.68. The second-order valence-corrected chi connectivity index (χ2v) is 5.69. The highest BCUT2D eigenvalue weighted by Gasteiger charge is 2.42. The molecule has 2 heterocycles. The van der Waals surface area contributed by atoms with Gasteiger partial charge in [0.15, 0.2) is 5.82 Å². The fourth-order valence-corrected chi connectivity index (χ4v) is 2.93. The van der Waals surface area contributed by atoms with Crippen molar-refractivity contribution >= 4 is 33.3 Å². The molecule has 1 amide bonds. The van der Waals surface area contributed by atoms with Crippen molar-refractivity contribution in [3.8, 4) is 0 Å². The molecule has 0 spiro atoms. The number of anilines is 2. The maximum absolute atomic E-state index is 12.4. The van der Waals surface area contributed by atoms with Gasteiger partial charge >= 0.3 is 0 Å². The van der Waals surface area contributed by atoms with Crippen molar-refractivity contribution in [2.24, 2.45) is 0 Å². The van der Waals surface area contributed by atoms with Gasteiger partial charge in [0.25, 0.3) is 0 Å². The molecule has 1 aliphatic heterocycles. The molecular weight excluding hydrogens is 294 g/mol. The maximum atomic E-state index is 12.4. The van der Waals surface area contributed by atoms with E-state index in [0.717, 1.165) is 29.0 Å². The molecule has 0 saturated heterocycles. The van der Waals surface area contributed by atoms with Gasteiger partial charge in [-0.05, 0) is 54.8 Å². The molecule has 96 valence electrons. The van der Waals surface area contributed by atoms with Crippen LogP contribution in [0, 0.1) is 0 Å². The van der Waals surface area contributed by atoms with E-state index in [1.54, 1.807) is 0 Å². The minimum absolute atomic E-state index is 0.105. The number of carbonyl (C=O) groups is 1. The predicted octanol–water partition coefficient (Wildman–Crippen LogP) is 2.57. The topological polar surface area (TPSA) is 36.4 Å². The highest BCUT2D eigenvalue weighted by molar-refractivity contribution is 9.10. The molecule has 0 N–H and O–H groups in total. The number of pyridine rings is 1. The molecule has 1 fully saturated rings. The van der Waals surface area contributed by atoms with Gasteiger partial charge in [-0.2, -0.15) is 0 Å². The first-order valence-corrected chi connectivity index (χ1v) is 7.19. The van der Waals surface area contributed by atoms with Crippen LogP contribution in [0.5, 0.6) is 0 Å². The Morgan fingerprint density at radius 2 is 2.17 bits per heavy atom. The van der Waals surface area contributed by atoms with E-state index in [1.807, 2.05) is 30.9 Å². The van der Waals surface area contributed by atoms with E-state index in [4.69, 9.17) is 0 Å². The Bertz CT molecular complexity index is 501. The number of rotatable bonds is 2. The largest absolute Gasteiger partial charge is 0.340 e. The van der Waals surface area contributed by atoms with E-state index in [-0.39, 0.29) is 11.9 Å². The van der Waals surface area contributed by atoms with Gasteiger partial charge < -0.3 is 9.80 Å². The molecule has 2 aliphatic rings. The van der Waals surface area contributed by atoms with E-state index in [2.05, 4.69) is 25.8 Å². The van der Waals surface area contributed by atoms with Crippen molar-refractivity contribution < 1.29 is 4.79 Å². The molecule has 1 aromatic rings. The van der Waals surface area contributed by atoms with Crippen molar-refractivity contribution in [3.63, 3.8) is 0 Å². The van der Waals surface area contributed by atoms with Crippen LogP contribution in [0.15, 0.2) is 16.7 Å². The van der Waals surface area contributed by atoms with Gasteiger partial charge in [-0.1, -0.05) is 0 Å². The van der Waals surface area contributed by atoms with Gasteiger partial charge in [-0.3, -0.25) is 4.79 Å². The Kier molecular flexibility index (Phi) is 2.81. The quantitative estimate of drug-likeness (QED) is 0.788. The van der Waals surface area contributed by atoms with Crippen molar-refractivity contribution in [3.05, 3.63) is 16.7 Å². The van der Waals surface area contributed by atoms with Crippen molar-refractivity contribution in [1.29, 1.82) is 0 Å². The van der Waals surface area contributed by atoms with E-state index >= 15 is 0 Å². The molecule has 1 aromatic heterocycles. The van der Waals surface area contributed by atoms with Gasteiger partial charge in [0, 0.05) is 12.6 Å². The molecule has 0 radical (unpaired) electrons. The Hall–Kier alpha value is -1.10. The summed E-state index contributed by atoms with van der Waals surface area (Å²) in [6, 6.07) is 4.26. The van der Waals surface area contributed by atoms with E-state index in [9.17, 15) is 4.79 Å².